The molecule has 0 spiro atoms. The predicted molar refractivity (Wildman–Crippen MR) is 64.8 cm³/mol. The minimum atomic E-state index is 0.443. The van der Waals surface area contributed by atoms with E-state index >= 15 is 0 Å². The number of rotatable bonds is 3. The Morgan fingerprint density at radius 3 is 2.73 bits per heavy atom. The Morgan fingerprint density at radius 2 is 2.07 bits per heavy atom. The van der Waals surface area contributed by atoms with E-state index in [2.05, 4.69) is 54.7 Å². The van der Waals surface area contributed by atoms with Gasteiger partial charge in [0.2, 0.25) is 0 Å². The van der Waals surface area contributed by atoms with Crippen LogP contribution >= 0.6 is 0 Å². The molecule has 0 radical (unpaired) electrons. The molecule has 0 unspecified atom stereocenters. The normalized spacial score (nSPS) is 22.6. The van der Waals surface area contributed by atoms with Crippen LogP contribution in [0.2, 0.25) is 0 Å². The summed E-state index contributed by atoms with van der Waals surface area (Å²) in [5.41, 5.74) is 1.37. The van der Waals surface area contributed by atoms with Gasteiger partial charge in [-0.2, -0.15) is 0 Å². The zero-order chi connectivity index (χ0) is 10.5. The summed E-state index contributed by atoms with van der Waals surface area (Å²) in [6.45, 7) is 2.23. The first-order valence-electron chi connectivity index (χ1n) is 5.84. The molecule has 1 heteroatoms. The third-order valence-electron chi connectivity index (χ3n) is 3.02. The van der Waals surface area contributed by atoms with E-state index in [1.54, 1.807) is 0 Å². The van der Waals surface area contributed by atoms with Gasteiger partial charge < -0.3 is 5.32 Å². The molecular weight excluding hydrogens is 182 g/mol. The first-order chi connectivity index (χ1) is 7.36. The predicted octanol–water partition coefficient (Wildman–Crippen LogP) is 3.45. The Morgan fingerprint density at radius 1 is 1.27 bits per heavy atom. The van der Waals surface area contributed by atoms with E-state index in [1.165, 1.54) is 24.8 Å². The van der Waals surface area contributed by atoms with Crippen LogP contribution in [0.25, 0.3) is 0 Å². The Bertz CT molecular complexity index is 315. The van der Waals surface area contributed by atoms with Crippen LogP contribution in [0.3, 0.4) is 0 Å². The largest absolute Gasteiger partial charge is 0.304 e. The zero-order valence-corrected chi connectivity index (χ0v) is 9.32. The van der Waals surface area contributed by atoms with E-state index in [1.807, 2.05) is 0 Å². The van der Waals surface area contributed by atoms with Gasteiger partial charge in [-0.3, -0.25) is 0 Å². The summed E-state index contributed by atoms with van der Waals surface area (Å²) in [7, 11) is 0. The minimum Gasteiger partial charge on any atom is -0.304 e. The van der Waals surface area contributed by atoms with Gasteiger partial charge in [-0.05, 0) is 31.7 Å². The van der Waals surface area contributed by atoms with Crippen LogP contribution in [-0.4, -0.2) is 6.04 Å². The fourth-order valence-corrected chi connectivity index (χ4v) is 2.11. The summed E-state index contributed by atoms with van der Waals surface area (Å²) in [4.78, 5) is 0. The quantitative estimate of drug-likeness (QED) is 0.739. The molecule has 15 heavy (non-hydrogen) atoms. The maximum absolute atomic E-state index is 3.65. The summed E-state index contributed by atoms with van der Waals surface area (Å²) < 4.78 is 0. The SMILES string of the molecule is C[C@@H](N[C@H]1C=CCCC1)c1ccccc1. The molecule has 1 aliphatic rings. The molecule has 1 N–H and O–H groups in total. The maximum atomic E-state index is 3.65. The van der Waals surface area contributed by atoms with Gasteiger partial charge in [0.15, 0.2) is 0 Å². The van der Waals surface area contributed by atoms with Gasteiger partial charge >= 0.3 is 0 Å². The first kappa shape index (κ1) is 10.4. The summed E-state index contributed by atoms with van der Waals surface area (Å²) >= 11 is 0. The number of hydrogen-bond acceptors (Lipinski definition) is 1. The summed E-state index contributed by atoms with van der Waals surface area (Å²) in [6.07, 6.45) is 8.43. The summed E-state index contributed by atoms with van der Waals surface area (Å²) in [6, 6.07) is 11.6. The molecule has 2 rings (SSSR count). The summed E-state index contributed by atoms with van der Waals surface area (Å²) in [5, 5.41) is 3.65. The molecule has 0 bridgehead atoms. The van der Waals surface area contributed by atoms with Crippen LogP contribution in [0.5, 0.6) is 0 Å². The molecule has 1 aromatic rings. The van der Waals surface area contributed by atoms with Crippen molar-refractivity contribution in [2.45, 2.75) is 38.3 Å². The highest BCUT2D eigenvalue weighted by Crippen LogP contribution is 2.16. The molecule has 1 aliphatic carbocycles. The van der Waals surface area contributed by atoms with E-state index in [0.29, 0.717) is 12.1 Å². The van der Waals surface area contributed by atoms with Crippen LogP contribution in [-0.2, 0) is 0 Å². The maximum Gasteiger partial charge on any atom is 0.0297 e. The smallest absolute Gasteiger partial charge is 0.0297 e. The van der Waals surface area contributed by atoms with Crippen molar-refractivity contribution in [2.24, 2.45) is 0 Å². The highest BCUT2D eigenvalue weighted by molar-refractivity contribution is 5.18. The van der Waals surface area contributed by atoms with E-state index in [0.717, 1.165) is 0 Å². The van der Waals surface area contributed by atoms with Crippen molar-refractivity contribution in [3.63, 3.8) is 0 Å². The van der Waals surface area contributed by atoms with Crippen LogP contribution in [0.1, 0.15) is 37.8 Å². The molecule has 0 aliphatic heterocycles. The molecule has 1 aromatic carbocycles. The third-order valence-corrected chi connectivity index (χ3v) is 3.02. The molecule has 0 saturated carbocycles. The lowest BCUT2D eigenvalue weighted by molar-refractivity contribution is 0.467. The van der Waals surface area contributed by atoms with Gasteiger partial charge in [-0.1, -0.05) is 42.5 Å². The van der Waals surface area contributed by atoms with Crippen LogP contribution in [0.4, 0.5) is 0 Å². The molecule has 0 saturated heterocycles. The number of allylic oxidation sites excluding steroid dienone is 1. The van der Waals surface area contributed by atoms with Crippen molar-refractivity contribution in [1.29, 1.82) is 0 Å². The van der Waals surface area contributed by atoms with Crippen molar-refractivity contribution >= 4 is 0 Å². The lowest BCUT2D eigenvalue weighted by Gasteiger charge is -2.23. The summed E-state index contributed by atoms with van der Waals surface area (Å²) in [5.74, 6) is 0. The minimum absolute atomic E-state index is 0.443. The van der Waals surface area contributed by atoms with Gasteiger partial charge in [0.05, 0.1) is 0 Å². The van der Waals surface area contributed by atoms with Crippen molar-refractivity contribution in [3.8, 4) is 0 Å². The van der Waals surface area contributed by atoms with Gasteiger partial charge in [0.25, 0.3) is 0 Å². The highest BCUT2D eigenvalue weighted by atomic mass is 14.9. The van der Waals surface area contributed by atoms with Crippen molar-refractivity contribution < 1.29 is 0 Å². The second-order valence-corrected chi connectivity index (χ2v) is 4.26. The Labute approximate surface area is 92.2 Å². The molecule has 80 valence electrons. The third kappa shape index (κ3) is 2.93. The van der Waals surface area contributed by atoms with Gasteiger partial charge in [-0.25, -0.2) is 0 Å². The average molecular weight is 201 g/mol. The number of nitrogens with one attached hydrogen (secondary N) is 1. The number of benzene rings is 1. The Kier molecular flexibility index (Phi) is 3.57. The fraction of sp³-hybridized carbons (Fsp3) is 0.429. The average Bonchev–Trinajstić information content (AvgIpc) is 2.31. The molecule has 1 nitrogen and oxygen atoms in total. The van der Waals surface area contributed by atoms with Crippen molar-refractivity contribution in [2.75, 3.05) is 0 Å². The van der Waals surface area contributed by atoms with Gasteiger partial charge in [-0.15, -0.1) is 0 Å². The van der Waals surface area contributed by atoms with Gasteiger partial charge in [0.1, 0.15) is 0 Å². The van der Waals surface area contributed by atoms with Crippen LogP contribution in [0, 0.1) is 0 Å². The second kappa shape index (κ2) is 5.13. The van der Waals surface area contributed by atoms with E-state index < -0.39 is 0 Å². The topological polar surface area (TPSA) is 12.0 Å². The highest BCUT2D eigenvalue weighted by Gasteiger charge is 2.12. The lowest BCUT2D eigenvalue weighted by Crippen LogP contribution is -2.30. The van der Waals surface area contributed by atoms with Crippen LogP contribution in [0.15, 0.2) is 42.5 Å². The standard InChI is InChI=1S/C14H19N/c1-12(13-8-4-2-5-9-13)15-14-10-6-3-7-11-14/h2,4-6,8-10,12,14-15H,3,7,11H2,1H3/t12-,14+/m1/s1. The molecule has 2 atom stereocenters. The van der Waals surface area contributed by atoms with Gasteiger partial charge in [0, 0.05) is 12.1 Å². The molecule has 0 fully saturated rings. The van der Waals surface area contributed by atoms with Crippen molar-refractivity contribution in [3.05, 3.63) is 48.0 Å². The molecular formula is C14H19N. The first-order valence-corrected chi connectivity index (χ1v) is 5.84. The van der Waals surface area contributed by atoms with E-state index in [9.17, 15) is 0 Å². The Balaban J connectivity index is 1.94. The second-order valence-electron chi connectivity index (χ2n) is 4.26. The zero-order valence-electron chi connectivity index (χ0n) is 9.32. The van der Waals surface area contributed by atoms with Crippen LogP contribution < -0.4 is 5.32 Å². The molecule has 0 heterocycles. The van der Waals surface area contributed by atoms with Crippen molar-refractivity contribution in [1.82, 2.24) is 5.32 Å². The number of hydrogen-bond donors (Lipinski definition) is 1. The Hall–Kier alpha value is -1.08. The molecule has 0 amide bonds. The van der Waals surface area contributed by atoms with E-state index in [-0.39, 0.29) is 0 Å². The van der Waals surface area contributed by atoms with E-state index in [4.69, 9.17) is 0 Å². The monoisotopic (exact) mass is 201 g/mol. The fourth-order valence-electron chi connectivity index (χ4n) is 2.11. The molecule has 0 aromatic heterocycles. The lowest BCUT2D eigenvalue weighted by atomic mass is 10.0.